The van der Waals surface area contributed by atoms with E-state index in [0.717, 1.165) is 29.0 Å². The summed E-state index contributed by atoms with van der Waals surface area (Å²) in [4.78, 5) is 2.09. The molecule has 0 heterocycles. The summed E-state index contributed by atoms with van der Waals surface area (Å²) in [6.07, 6.45) is 0.875. The van der Waals surface area contributed by atoms with Crippen LogP contribution in [0.15, 0.2) is 42.5 Å². The van der Waals surface area contributed by atoms with Crippen LogP contribution in [0.2, 0.25) is 0 Å². The molecule has 0 spiro atoms. The zero-order valence-corrected chi connectivity index (χ0v) is 13.1. The first kappa shape index (κ1) is 15.7. The lowest BCUT2D eigenvalue weighted by molar-refractivity contribution is 0.862. The Morgan fingerprint density at radius 1 is 1.23 bits per heavy atom. The van der Waals surface area contributed by atoms with Crippen LogP contribution in [0.3, 0.4) is 0 Å². The molecule has 0 fully saturated rings. The van der Waals surface area contributed by atoms with E-state index in [-0.39, 0.29) is 0 Å². The molecule has 0 saturated heterocycles. The smallest absolute Gasteiger partial charge is 0.106 e. The Morgan fingerprint density at radius 3 is 2.55 bits per heavy atom. The number of hydrogen-bond acceptors (Lipinski definition) is 4. The fourth-order valence-corrected chi connectivity index (χ4v) is 2.56. The van der Waals surface area contributed by atoms with Crippen LogP contribution >= 0.6 is 0 Å². The summed E-state index contributed by atoms with van der Waals surface area (Å²) in [5.41, 5.74) is 11.1. The van der Waals surface area contributed by atoms with Gasteiger partial charge >= 0.3 is 0 Å². The van der Waals surface area contributed by atoms with Crippen molar-refractivity contribution < 1.29 is 0 Å². The Balaban J connectivity index is 2.41. The summed E-state index contributed by atoms with van der Waals surface area (Å²) < 4.78 is 0. The minimum absolute atomic E-state index is 0.342. The van der Waals surface area contributed by atoms with Gasteiger partial charge in [0, 0.05) is 19.3 Å². The molecular formula is C18H22N4. The van der Waals surface area contributed by atoms with E-state index in [9.17, 15) is 5.26 Å². The number of nitrogen functional groups attached to an aromatic ring is 1. The third-order valence-electron chi connectivity index (χ3n) is 3.72. The van der Waals surface area contributed by atoms with Gasteiger partial charge in [-0.2, -0.15) is 5.26 Å². The summed E-state index contributed by atoms with van der Waals surface area (Å²) in [6, 6.07) is 16.5. The van der Waals surface area contributed by atoms with Crippen LogP contribution < -0.4 is 16.0 Å². The van der Waals surface area contributed by atoms with Gasteiger partial charge in [0.25, 0.3) is 0 Å². The summed E-state index contributed by atoms with van der Waals surface area (Å²) >= 11 is 0. The van der Waals surface area contributed by atoms with E-state index < -0.39 is 0 Å². The first-order valence-corrected chi connectivity index (χ1v) is 7.45. The molecule has 0 aliphatic carbocycles. The Morgan fingerprint density at radius 2 is 1.95 bits per heavy atom. The Kier molecular flexibility index (Phi) is 5.26. The summed E-state index contributed by atoms with van der Waals surface area (Å²) in [5, 5.41) is 12.3. The van der Waals surface area contributed by atoms with Gasteiger partial charge in [0.15, 0.2) is 0 Å². The number of nitrogens with two attached hydrogens (primary N) is 1. The van der Waals surface area contributed by atoms with Crippen molar-refractivity contribution in [3.63, 3.8) is 0 Å². The van der Waals surface area contributed by atoms with E-state index in [1.54, 1.807) is 0 Å². The van der Waals surface area contributed by atoms with Crippen molar-refractivity contribution in [2.24, 2.45) is 0 Å². The first-order valence-electron chi connectivity index (χ1n) is 7.45. The quantitative estimate of drug-likeness (QED) is 0.633. The lowest BCUT2D eigenvalue weighted by Crippen LogP contribution is -2.24. The lowest BCUT2D eigenvalue weighted by atomic mass is 10.1. The highest BCUT2D eigenvalue weighted by Crippen LogP contribution is 2.31. The number of rotatable bonds is 6. The largest absolute Gasteiger partial charge is 0.397 e. The van der Waals surface area contributed by atoms with E-state index in [0.29, 0.717) is 13.1 Å². The SMILES string of the molecule is CCc1cc(N)c(NC)cc1N(CC#N)Cc1ccccc1. The van der Waals surface area contributed by atoms with Crippen molar-refractivity contribution in [1.82, 2.24) is 0 Å². The topological polar surface area (TPSA) is 65.1 Å². The molecule has 0 aliphatic rings. The zero-order chi connectivity index (χ0) is 15.9. The van der Waals surface area contributed by atoms with Crippen LogP contribution in [-0.2, 0) is 13.0 Å². The average molecular weight is 294 g/mol. The predicted octanol–water partition coefficient (Wildman–Crippen LogP) is 3.40. The fraction of sp³-hybridized carbons (Fsp3) is 0.278. The van der Waals surface area contributed by atoms with Gasteiger partial charge in [-0.1, -0.05) is 37.3 Å². The van der Waals surface area contributed by atoms with E-state index in [1.807, 2.05) is 37.4 Å². The molecule has 0 radical (unpaired) electrons. The van der Waals surface area contributed by atoms with Crippen LogP contribution in [0.1, 0.15) is 18.1 Å². The zero-order valence-electron chi connectivity index (χ0n) is 13.1. The molecule has 0 saturated carbocycles. The predicted molar refractivity (Wildman–Crippen MR) is 92.9 cm³/mol. The number of anilines is 3. The molecule has 22 heavy (non-hydrogen) atoms. The van der Waals surface area contributed by atoms with Crippen molar-refractivity contribution in [3.05, 3.63) is 53.6 Å². The van der Waals surface area contributed by atoms with Gasteiger partial charge < -0.3 is 16.0 Å². The Hall–Kier alpha value is -2.67. The molecule has 4 nitrogen and oxygen atoms in total. The van der Waals surface area contributed by atoms with E-state index in [2.05, 4.69) is 35.3 Å². The molecule has 0 atom stereocenters. The maximum Gasteiger partial charge on any atom is 0.106 e. The van der Waals surface area contributed by atoms with Crippen LogP contribution in [0.4, 0.5) is 17.1 Å². The summed E-state index contributed by atoms with van der Waals surface area (Å²) in [5.74, 6) is 0. The van der Waals surface area contributed by atoms with Gasteiger partial charge in [-0.25, -0.2) is 0 Å². The van der Waals surface area contributed by atoms with E-state index >= 15 is 0 Å². The molecule has 2 aromatic rings. The number of nitrogens with one attached hydrogen (secondary N) is 1. The van der Waals surface area contributed by atoms with E-state index in [4.69, 9.17) is 5.73 Å². The molecule has 0 unspecified atom stereocenters. The van der Waals surface area contributed by atoms with Crippen molar-refractivity contribution in [3.8, 4) is 6.07 Å². The molecule has 0 amide bonds. The molecule has 2 aromatic carbocycles. The van der Waals surface area contributed by atoms with Gasteiger partial charge in [-0.15, -0.1) is 0 Å². The highest BCUT2D eigenvalue weighted by Gasteiger charge is 2.13. The third kappa shape index (κ3) is 3.50. The maximum atomic E-state index is 9.19. The molecular weight excluding hydrogens is 272 g/mol. The van der Waals surface area contributed by atoms with E-state index in [1.165, 1.54) is 5.56 Å². The molecule has 0 aliphatic heterocycles. The lowest BCUT2D eigenvalue weighted by Gasteiger charge is -2.26. The number of hydrogen-bond donors (Lipinski definition) is 2. The highest BCUT2D eigenvalue weighted by atomic mass is 15.1. The standard InChI is InChI=1S/C18H22N4/c1-3-15-11-16(20)17(21-2)12-18(15)22(10-9-19)13-14-7-5-4-6-8-14/h4-8,11-12,21H,3,10,13,20H2,1-2H3. The molecule has 114 valence electrons. The van der Waals surface area contributed by atoms with Gasteiger partial charge in [0.2, 0.25) is 0 Å². The monoisotopic (exact) mass is 294 g/mol. The third-order valence-corrected chi connectivity index (χ3v) is 3.72. The first-order chi connectivity index (χ1) is 10.7. The summed E-state index contributed by atoms with van der Waals surface area (Å²) in [6.45, 7) is 3.15. The molecule has 4 heteroatoms. The normalized spacial score (nSPS) is 10.0. The minimum Gasteiger partial charge on any atom is -0.397 e. The minimum atomic E-state index is 0.342. The number of benzene rings is 2. The highest BCUT2D eigenvalue weighted by molar-refractivity contribution is 5.75. The van der Waals surface area contributed by atoms with Crippen molar-refractivity contribution in [2.75, 3.05) is 29.5 Å². The van der Waals surface area contributed by atoms with Crippen LogP contribution in [-0.4, -0.2) is 13.6 Å². The van der Waals surface area contributed by atoms with Gasteiger partial charge in [0.05, 0.1) is 17.4 Å². The molecule has 3 N–H and O–H groups in total. The van der Waals surface area contributed by atoms with Gasteiger partial charge in [-0.3, -0.25) is 0 Å². The Labute approximate surface area is 132 Å². The van der Waals surface area contributed by atoms with Crippen molar-refractivity contribution >= 4 is 17.1 Å². The van der Waals surface area contributed by atoms with Crippen molar-refractivity contribution in [1.29, 1.82) is 5.26 Å². The maximum absolute atomic E-state index is 9.19. The second-order valence-corrected chi connectivity index (χ2v) is 5.17. The van der Waals surface area contributed by atoms with Gasteiger partial charge in [-0.05, 0) is 29.7 Å². The van der Waals surface area contributed by atoms with Crippen molar-refractivity contribution in [2.45, 2.75) is 19.9 Å². The molecule has 2 rings (SSSR count). The fourth-order valence-electron chi connectivity index (χ4n) is 2.56. The number of nitriles is 1. The second-order valence-electron chi connectivity index (χ2n) is 5.17. The average Bonchev–Trinajstić information content (AvgIpc) is 2.55. The number of nitrogens with zero attached hydrogens (tertiary/aromatic N) is 2. The summed E-state index contributed by atoms with van der Waals surface area (Å²) in [7, 11) is 1.85. The van der Waals surface area contributed by atoms with Gasteiger partial charge in [0.1, 0.15) is 6.54 Å². The van der Waals surface area contributed by atoms with Crippen LogP contribution in [0, 0.1) is 11.3 Å². The second kappa shape index (κ2) is 7.37. The Bertz CT molecular complexity index is 659. The number of aryl methyl sites for hydroxylation is 1. The van der Waals surface area contributed by atoms with Crippen LogP contribution in [0.5, 0.6) is 0 Å². The van der Waals surface area contributed by atoms with Crippen LogP contribution in [0.25, 0.3) is 0 Å². The molecule has 0 bridgehead atoms. The molecule has 0 aromatic heterocycles.